The molecule has 0 aliphatic carbocycles. The Kier molecular flexibility index (Phi) is 11.2. The molecule has 2 amide bonds. The van der Waals surface area contributed by atoms with Crippen LogP contribution in [-0.2, 0) is 26.2 Å². The largest absolute Gasteiger partial charge is 0.354 e. The molecule has 0 saturated carbocycles. The Bertz CT molecular complexity index is 1380. The number of carbonyl (C=O) groups is 2. The van der Waals surface area contributed by atoms with Crippen LogP contribution in [0.5, 0.6) is 0 Å². The number of rotatable bonds is 13. The van der Waals surface area contributed by atoms with Crippen LogP contribution in [0.15, 0.2) is 83.8 Å². The lowest BCUT2D eigenvalue weighted by molar-refractivity contribution is -0.140. The van der Waals surface area contributed by atoms with Gasteiger partial charge in [-0.2, -0.15) is 0 Å². The van der Waals surface area contributed by atoms with E-state index in [4.69, 9.17) is 11.6 Å². The van der Waals surface area contributed by atoms with Gasteiger partial charge in [0.15, 0.2) is 0 Å². The summed E-state index contributed by atoms with van der Waals surface area (Å²) in [6.07, 6.45) is 1.09. The zero-order chi connectivity index (χ0) is 29.3. The number of amides is 2. The van der Waals surface area contributed by atoms with Gasteiger partial charge < -0.3 is 10.2 Å². The number of carbonyl (C=O) groups excluding carboxylic acids is 2. The second kappa shape index (κ2) is 14.3. The van der Waals surface area contributed by atoms with Gasteiger partial charge >= 0.3 is 0 Å². The summed E-state index contributed by atoms with van der Waals surface area (Å²) in [4.78, 5) is 28.7. The molecule has 7 nitrogen and oxygen atoms in total. The number of nitrogens with zero attached hydrogens (tertiary/aromatic N) is 2. The van der Waals surface area contributed by atoms with E-state index in [1.807, 2.05) is 32.0 Å². The van der Waals surface area contributed by atoms with E-state index in [9.17, 15) is 18.0 Å². The third kappa shape index (κ3) is 7.64. The number of benzene rings is 3. The average molecular weight is 584 g/mol. The van der Waals surface area contributed by atoms with E-state index < -0.39 is 28.5 Å². The second-order valence-electron chi connectivity index (χ2n) is 9.90. The molecule has 0 radical (unpaired) electrons. The van der Waals surface area contributed by atoms with Gasteiger partial charge in [-0.1, -0.05) is 87.8 Å². The highest BCUT2D eigenvalue weighted by molar-refractivity contribution is 7.92. The fraction of sp³-hybridized carbons (Fsp3) is 0.355. The zero-order valence-electron chi connectivity index (χ0n) is 23.5. The highest BCUT2D eigenvalue weighted by Gasteiger charge is 2.33. The molecular weight excluding hydrogens is 546 g/mol. The topological polar surface area (TPSA) is 86.8 Å². The van der Waals surface area contributed by atoms with Gasteiger partial charge in [-0.05, 0) is 60.2 Å². The third-order valence-corrected chi connectivity index (χ3v) is 8.85. The van der Waals surface area contributed by atoms with Crippen molar-refractivity contribution in [3.63, 3.8) is 0 Å². The van der Waals surface area contributed by atoms with Crippen molar-refractivity contribution in [2.24, 2.45) is 0 Å². The van der Waals surface area contributed by atoms with Gasteiger partial charge in [0.1, 0.15) is 12.6 Å². The first-order valence-electron chi connectivity index (χ1n) is 13.6. The number of anilines is 1. The molecule has 1 N–H and O–H groups in total. The van der Waals surface area contributed by atoms with Crippen LogP contribution < -0.4 is 9.62 Å². The smallest absolute Gasteiger partial charge is 0.264 e. The van der Waals surface area contributed by atoms with Gasteiger partial charge in [-0.15, -0.1) is 0 Å². The summed E-state index contributed by atoms with van der Waals surface area (Å²) in [5.41, 5.74) is 2.08. The summed E-state index contributed by atoms with van der Waals surface area (Å²) < 4.78 is 28.9. The van der Waals surface area contributed by atoms with Crippen LogP contribution >= 0.6 is 11.6 Å². The van der Waals surface area contributed by atoms with Gasteiger partial charge in [0.25, 0.3) is 10.0 Å². The Morgan fingerprint density at radius 3 is 2.10 bits per heavy atom. The molecule has 40 heavy (non-hydrogen) atoms. The average Bonchev–Trinajstić information content (AvgIpc) is 2.96. The molecule has 0 aliphatic rings. The van der Waals surface area contributed by atoms with Crippen molar-refractivity contribution in [2.75, 3.05) is 17.4 Å². The number of halogens is 1. The van der Waals surface area contributed by atoms with Crippen molar-refractivity contribution < 1.29 is 18.0 Å². The summed E-state index contributed by atoms with van der Waals surface area (Å²) in [7, 11) is -4.10. The van der Waals surface area contributed by atoms with Crippen molar-refractivity contribution in [1.82, 2.24) is 10.2 Å². The van der Waals surface area contributed by atoms with E-state index in [0.29, 0.717) is 29.2 Å². The first-order valence-corrected chi connectivity index (χ1v) is 15.4. The molecule has 0 aromatic heterocycles. The molecular formula is C31H38ClN3O4S. The molecule has 0 fully saturated rings. The first kappa shape index (κ1) is 31.2. The van der Waals surface area contributed by atoms with Crippen molar-refractivity contribution >= 4 is 39.1 Å². The maximum Gasteiger partial charge on any atom is 0.264 e. The van der Waals surface area contributed by atoms with Gasteiger partial charge in [0.05, 0.1) is 10.6 Å². The van der Waals surface area contributed by atoms with E-state index in [-0.39, 0.29) is 23.3 Å². The molecule has 9 heteroatoms. The zero-order valence-corrected chi connectivity index (χ0v) is 25.1. The number of nitrogens with one attached hydrogen (secondary N) is 1. The number of sulfonamides is 1. The predicted octanol–water partition coefficient (Wildman–Crippen LogP) is 5.99. The van der Waals surface area contributed by atoms with Crippen LogP contribution in [0.4, 0.5) is 5.69 Å². The monoisotopic (exact) mass is 583 g/mol. The molecule has 3 aromatic rings. The van der Waals surface area contributed by atoms with Crippen molar-refractivity contribution in [3.8, 4) is 0 Å². The Labute approximate surface area is 243 Å². The van der Waals surface area contributed by atoms with Crippen LogP contribution in [-0.4, -0.2) is 44.3 Å². The summed E-state index contributed by atoms with van der Waals surface area (Å²) in [6.45, 7) is 7.93. The quantitative estimate of drug-likeness (QED) is 0.268. The highest BCUT2D eigenvalue weighted by Crippen LogP contribution is 2.27. The van der Waals surface area contributed by atoms with Crippen molar-refractivity contribution in [2.45, 2.75) is 63.9 Å². The van der Waals surface area contributed by atoms with Gasteiger partial charge in [-0.25, -0.2) is 8.42 Å². The summed E-state index contributed by atoms with van der Waals surface area (Å²) >= 11 is 6.43. The first-order chi connectivity index (χ1) is 19.1. The minimum atomic E-state index is -4.10. The van der Waals surface area contributed by atoms with E-state index >= 15 is 0 Å². The molecule has 0 aliphatic heterocycles. The minimum Gasteiger partial charge on any atom is -0.354 e. The Morgan fingerprint density at radius 2 is 1.52 bits per heavy atom. The lowest BCUT2D eigenvalue weighted by atomic mass is 10.0. The maximum absolute atomic E-state index is 14.1. The van der Waals surface area contributed by atoms with Crippen LogP contribution in [0, 0.1) is 0 Å². The lowest BCUT2D eigenvalue weighted by Gasteiger charge is -2.33. The number of hydrogen-bond acceptors (Lipinski definition) is 4. The fourth-order valence-electron chi connectivity index (χ4n) is 4.37. The molecule has 1 unspecified atom stereocenters. The van der Waals surface area contributed by atoms with Crippen LogP contribution in [0.1, 0.15) is 57.6 Å². The van der Waals surface area contributed by atoms with E-state index in [1.54, 1.807) is 48.5 Å². The van der Waals surface area contributed by atoms with Crippen molar-refractivity contribution in [3.05, 3.63) is 95.0 Å². The lowest BCUT2D eigenvalue weighted by Crippen LogP contribution is -2.52. The molecule has 1 atom stereocenters. The number of hydrogen-bond donors (Lipinski definition) is 1. The van der Waals surface area contributed by atoms with E-state index in [2.05, 4.69) is 19.2 Å². The molecule has 214 valence electrons. The molecule has 3 rings (SSSR count). The van der Waals surface area contributed by atoms with Gasteiger partial charge in [-0.3, -0.25) is 13.9 Å². The third-order valence-electron chi connectivity index (χ3n) is 6.69. The SMILES string of the molecule is CCCNC(=O)C(CC)N(Cc1ccccc1Cl)C(=O)CN(c1ccc(C(C)C)cc1)S(=O)(=O)c1ccccc1. The predicted molar refractivity (Wildman–Crippen MR) is 161 cm³/mol. The van der Waals surface area contributed by atoms with Crippen LogP contribution in [0.2, 0.25) is 5.02 Å². The Hall–Kier alpha value is -3.36. The van der Waals surface area contributed by atoms with Crippen LogP contribution in [0.3, 0.4) is 0 Å². The highest BCUT2D eigenvalue weighted by atomic mass is 35.5. The molecule has 3 aromatic carbocycles. The molecule has 0 saturated heterocycles. The molecule has 0 heterocycles. The molecule has 0 bridgehead atoms. The maximum atomic E-state index is 14.1. The van der Waals surface area contributed by atoms with Gasteiger partial charge in [0.2, 0.25) is 11.8 Å². The summed E-state index contributed by atoms with van der Waals surface area (Å²) in [6, 6.07) is 21.5. The minimum absolute atomic E-state index is 0.0576. The summed E-state index contributed by atoms with van der Waals surface area (Å²) in [5, 5.41) is 3.34. The molecule has 0 spiro atoms. The Morgan fingerprint density at radius 1 is 0.900 bits per heavy atom. The Balaban J connectivity index is 2.06. The fourth-order valence-corrected chi connectivity index (χ4v) is 6.00. The van der Waals surface area contributed by atoms with Gasteiger partial charge in [0, 0.05) is 18.1 Å². The second-order valence-corrected chi connectivity index (χ2v) is 12.2. The standard InChI is InChI=1S/C31H38ClN3O4S/c1-5-20-33-31(37)29(6-2)34(21-25-12-10-11-15-28(25)32)30(36)22-35(26-18-16-24(17-19-26)23(3)4)40(38,39)27-13-8-7-9-14-27/h7-19,23,29H,5-6,20-22H2,1-4H3,(H,33,37). The van der Waals surface area contributed by atoms with Crippen molar-refractivity contribution in [1.29, 1.82) is 0 Å². The van der Waals surface area contributed by atoms with Crippen LogP contribution in [0.25, 0.3) is 0 Å². The van der Waals surface area contributed by atoms with E-state index in [1.165, 1.54) is 17.0 Å². The van der Waals surface area contributed by atoms with E-state index in [0.717, 1.165) is 16.3 Å². The summed E-state index contributed by atoms with van der Waals surface area (Å²) in [5.74, 6) is -0.540. The normalized spacial score (nSPS) is 12.2.